The molecule has 2 aliphatic heterocycles. The summed E-state index contributed by atoms with van der Waals surface area (Å²) in [6, 6.07) is 4.94. The first-order valence-electron chi connectivity index (χ1n) is 10.8. The summed E-state index contributed by atoms with van der Waals surface area (Å²) in [6.45, 7) is 8.81. The first-order valence-corrected chi connectivity index (χ1v) is 10.8. The van der Waals surface area contributed by atoms with E-state index in [4.69, 9.17) is 4.42 Å². The third kappa shape index (κ3) is 6.62. The Hall–Kier alpha value is -0.800. The number of halogens is 1. The van der Waals surface area contributed by atoms with Crippen LogP contribution in [0.3, 0.4) is 0 Å². The highest BCUT2D eigenvalue weighted by Crippen LogP contribution is 2.24. The number of likely N-dealkylation sites (tertiary alicyclic amines) is 2. The molecule has 0 radical (unpaired) electrons. The van der Waals surface area contributed by atoms with E-state index in [-0.39, 0.29) is 30.0 Å². The number of hydrogen-bond donors (Lipinski definition) is 2. The van der Waals surface area contributed by atoms with Crippen molar-refractivity contribution in [3.05, 3.63) is 24.2 Å². The van der Waals surface area contributed by atoms with Crippen LogP contribution < -0.4 is 10.6 Å². The van der Waals surface area contributed by atoms with Crippen molar-refractivity contribution >= 4 is 29.9 Å². The zero-order chi connectivity index (χ0) is 18.9. The van der Waals surface area contributed by atoms with Gasteiger partial charge < -0.3 is 15.1 Å². The van der Waals surface area contributed by atoms with Gasteiger partial charge in [0.2, 0.25) is 0 Å². The van der Waals surface area contributed by atoms with E-state index in [1.807, 2.05) is 13.1 Å². The van der Waals surface area contributed by atoms with Gasteiger partial charge in [-0.3, -0.25) is 14.8 Å². The summed E-state index contributed by atoms with van der Waals surface area (Å²) in [7, 11) is 1.86. The first kappa shape index (κ1) is 23.5. The van der Waals surface area contributed by atoms with Crippen LogP contribution in [0.15, 0.2) is 27.8 Å². The molecule has 2 atom stereocenters. The van der Waals surface area contributed by atoms with E-state index in [0.29, 0.717) is 6.04 Å². The fourth-order valence-corrected chi connectivity index (χ4v) is 4.39. The van der Waals surface area contributed by atoms with Crippen LogP contribution in [0.4, 0.5) is 0 Å². The zero-order valence-corrected chi connectivity index (χ0v) is 19.9. The van der Waals surface area contributed by atoms with Crippen LogP contribution in [0.1, 0.15) is 57.3 Å². The molecule has 28 heavy (non-hydrogen) atoms. The molecule has 1 aromatic heterocycles. The van der Waals surface area contributed by atoms with Gasteiger partial charge in [0.1, 0.15) is 5.76 Å². The molecule has 160 valence electrons. The topological polar surface area (TPSA) is 56.0 Å². The fourth-order valence-electron chi connectivity index (χ4n) is 4.39. The minimum atomic E-state index is 0. The van der Waals surface area contributed by atoms with Crippen molar-refractivity contribution in [3.63, 3.8) is 0 Å². The van der Waals surface area contributed by atoms with Crippen LogP contribution >= 0.6 is 24.0 Å². The molecule has 0 bridgehead atoms. The van der Waals surface area contributed by atoms with Crippen molar-refractivity contribution in [2.24, 2.45) is 4.99 Å². The molecule has 3 heterocycles. The molecule has 7 heteroatoms. The number of hydrogen-bond acceptors (Lipinski definition) is 4. The second-order valence-corrected chi connectivity index (χ2v) is 7.77. The second-order valence-electron chi connectivity index (χ2n) is 7.77. The van der Waals surface area contributed by atoms with E-state index in [1.54, 1.807) is 6.26 Å². The second kappa shape index (κ2) is 12.7. The first-order chi connectivity index (χ1) is 13.3. The van der Waals surface area contributed by atoms with Crippen LogP contribution in [0.2, 0.25) is 0 Å². The minimum Gasteiger partial charge on any atom is -0.468 e. The smallest absolute Gasteiger partial charge is 0.191 e. The van der Waals surface area contributed by atoms with E-state index in [0.717, 1.165) is 37.9 Å². The molecule has 0 saturated carbocycles. The normalized spacial score (nSPS) is 21.1. The molecule has 2 aliphatic rings. The standard InChI is InChI=1S/C21H37N5O.HI/c1-3-18(25-11-7-8-12-25)16-23-21(22-2)24-17-19(20-10-9-15-27-20)26-13-5-4-6-14-26;/h9-10,15,18-19H,3-8,11-14,16-17H2,1-2H3,(H2,22,23,24);1H. The van der Waals surface area contributed by atoms with Gasteiger partial charge in [-0.25, -0.2) is 0 Å². The molecule has 2 N–H and O–H groups in total. The fraction of sp³-hybridized carbons (Fsp3) is 0.762. The lowest BCUT2D eigenvalue weighted by Crippen LogP contribution is -2.48. The molecule has 3 rings (SSSR count). The Morgan fingerprint density at radius 2 is 1.68 bits per heavy atom. The number of piperidine rings is 1. The monoisotopic (exact) mass is 503 g/mol. The lowest BCUT2D eigenvalue weighted by Gasteiger charge is -2.34. The molecule has 6 nitrogen and oxygen atoms in total. The Bertz CT molecular complexity index is 553. The Balaban J connectivity index is 0.00000280. The lowest BCUT2D eigenvalue weighted by atomic mass is 10.1. The summed E-state index contributed by atoms with van der Waals surface area (Å²) in [5.41, 5.74) is 0. The predicted molar refractivity (Wildman–Crippen MR) is 127 cm³/mol. The maximum Gasteiger partial charge on any atom is 0.191 e. The van der Waals surface area contributed by atoms with Gasteiger partial charge in [0.15, 0.2) is 5.96 Å². The molecule has 2 saturated heterocycles. The van der Waals surface area contributed by atoms with Crippen LogP contribution in [0.5, 0.6) is 0 Å². The summed E-state index contributed by atoms with van der Waals surface area (Å²) in [5.74, 6) is 1.93. The van der Waals surface area contributed by atoms with Crippen LogP contribution in [-0.2, 0) is 0 Å². The van der Waals surface area contributed by atoms with Crippen molar-refractivity contribution in [2.75, 3.05) is 46.3 Å². The maximum absolute atomic E-state index is 5.75. The van der Waals surface area contributed by atoms with Crippen molar-refractivity contribution in [3.8, 4) is 0 Å². The Morgan fingerprint density at radius 1 is 1.04 bits per heavy atom. The molecule has 2 unspecified atom stereocenters. The Morgan fingerprint density at radius 3 is 2.29 bits per heavy atom. The molecule has 0 spiro atoms. The van der Waals surface area contributed by atoms with E-state index in [2.05, 4.69) is 38.4 Å². The zero-order valence-electron chi connectivity index (χ0n) is 17.5. The predicted octanol–water partition coefficient (Wildman–Crippen LogP) is 3.46. The van der Waals surface area contributed by atoms with Gasteiger partial charge >= 0.3 is 0 Å². The summed E-state index contributed by atoms with van der Waals surface area (Å²) in [5, 5.41) is 7.09. The average Bonchev–Trinajstić information content (AvgIpc) is 3.42. The molecule has 0 aliphatic carbocycles. The van der Waals surface area contributed by atoms with Crippen molar-refractivity contribution in [1.29, 1.82) is 0 Å². The quantitative estimate of drug-likeness (QED) is 0.323. The van der Waals surface area contributed by atoms with Gasteiger partial charge in [-0.1, -0.05) is 13.3 Å². The lowest BCUT2D eigenvalue weighted by molar-refractivity contribution is 0.146. The summed E-state index contributed by atoms with van der Waals surface area (Å²) >= 11 is 0. The van der Waals surface area contributed by atoms with Crippen LogP contribution in [0, 0.1) is 0 Å². The average molecular weight is 503 g/mol. The van der Waals surface area contributed by atoms with Gasteiger partial charge in [-0.2, -0.15) is 0 Å². The summed E-state index contributed by atoms with van der Waals surface area (Å²) < 4.78 is 5.75. The van der Waals surface area contributed by atoms with Gasteiger partial charge in [0.25, 0.3) is 0 Å². The van der Waals surface area contributed by atoms with Crippen molar-refractivity contribution in [1.82, 2.24) is 20.4 Å². The largest absolute Gasteiger partial charge is 0.468 e. The van der Waals surface area contributed by atoms with Crippen LogP contribution in [0.25, 0.3) is 0 Å². The van der Waals surface area contributed by atoms with Crippen molar-refractivity contribution in [2.45, 2.75) is 57.5 Å². The SMILES string of the molecule is CCC(CNC(=NC)NCC(c1ccco1)N1CCCCC1)N1CCCC1.I. The third-order valence-electron chi connectivity index (χ3n) is 6.02. The van der Waals surface area contributed by atoms with Gasteiger partial charge in [-0.05, 0) is 70.4 Å². The molecule has 0 aromatic carbocycles. The number of guanidine groups is 1. The van der Waals surface area contributed by atoms with E-state index < -0.39 is 0 Å². The minimum absolute atomic E-state index is 0. The van der Waals surface area contributed by atoms with Gasteiger partial charge in [0, 0.05) is 26.2 Å². The van der Waals surface area contributed by atoms with E-state index in [1.165, 1.54) is 51.6 Å². The van der Waals surface area contributed by atoms with Gasteiger partial charge in [-0.15, -0.1) is 24.0 Å². The highest BCUT2D eigenvalue weighted by molar-refractivity contribution is 14.0. The molecule has 0 amide bonds. The molecular weight excluding hydrogens is 465 g/mol. The highest BCUT2D eigenvalue weighted by atomic mass is 127. The maximum atomic E-state index is 5.75. The highest BCUT2D eigenvalue weighted by Gasteiger charge is 2.25. The number of nitrogens with one attached hydrogen (secondary N) is 2. The number of aliphatic imine (C=N–C) groups is 1. The summed E-state index contributed by atoms with van der Waals surface area (Å²) in [4.78, 5) is 9.60. The van der Waals surface area contributed by atoms with Crippen LogP contribution in [-0.4, -0.2) is 68.1 Å². The van der Waals surface area contributed by atoms with Crippen molar-refractivity contribution < 1.29 is 4.42 Å². The van der Waals surface area contributed by atoms with E-state index >= 15 is 0 Å². The van der Waals surface area contributed by atoms with Gasteiger partial charge in [0.05, 0.1) is 12.3 Å². The third-order valence-corrected chi connectivity index (χ3v) is 6.02. The number of furan rings is 1. The Kier molecular flexibility index (Phi) is 10.6. The molecule has 1 aromatic rings. The molecule has 2 fully saturated rings. The number of rotatable bonds is 8. The van der Waals surface area contributed by atoms with E-state index in [9.17, 15) is 0 Å². The number of nitrogens with zero attached hydrogens (tertiary/aromatic N) is 3. The molecular formula is C21H38IN5O. The Labute approximate surface area is 187 Å². The summed E-state index contributed by atoms with van der Waals surface area (Å²) in [6.07, 6.45) is 9.52.